The molecule has 0 amide bonds. The summed E-state index contributed by atoms with van der Waals surface area (Å²) in [6.07, 6.45) is 1.40. The summed E-state index contributed by atoms with van der Waals surface area (Å²) in [6, 6.07) is 0. The predicted molar refractivity (Wildman–Crippen MR) is 51.0 cm³/mol. The summed E-state index contributed by atoms with van der Waals surface area (Å²) >= 11 is -0.380. The highest BCUT2D eigenvalue weighted by molar-refractivity contribution is 6.61. The van der Waals surface area contributed by atoms with E-state index in [0.29, 0.717) is 0 Å². The summed E-state index contributed by atoms with van der Waals surface area (Å²) in [5.74, 6) is 0. The first-order chi connectivity index (χ1) is 4.59. The zero-order valence-corrected chi connectivity index (χ0v) is 9.30. The predicted octanol–water partition coefficient (Wildman–Crippen LogP) is 3.71. The van der Waals surface area contributed by atoms with Gasteiger partial charge in [-0.15, -0.1) is 0 Å². The van der Waals surface area contributed by atoms with Crippen molar-refractivity contribution in [3.63, 3.8) is 0 Å². The molecule has 1 heteroatoms. The van der Waals surface area contributed by atoms with Gasteiger partial charge in [0.15, 0.2) is 0 Å². The highest BCUT2D eigenvalue weighted by Gasteiger charge is 2.23. The van der Waals surface area contributed by atoms with Crippen LogP contribution in [0.3, 0.4) is 0 Å². The van der Waals surface area contributed by atoms with Gasteiger partial charge in [0.25, 0.3) is 14.1 Å². The molecular weight excluding hydrogens is 135 g/mol. The van der Waals surface area contributed by atoms with E-state index in [-0.39, 0.29) is 14.1 Å². The molecule has 10 heavy (non-hydrogen) atoms. The maximum atomic E-state index is 2.40. The number of hydrogen-bond acceptors (Lipinski definition) is 0. The van der Waals surface area contributed by atoms with Crippen molar-refractivity contribution in [1.82, 2.24) is 0 Å². The Morgan fingerprint density at radius 3 is 1.50 bits per heavy atom. The van der Waals surface area contributed by atoms with Crippen molar-refractivity contribution < 1.29 is 0 Å². The largest absolute Gasteiger partial charge is 0.267 e. The van der Waals surface area contributed by atoms with Gasteiger partial charge in [-0.05, 0) is 0 Å². The Kier molecular flexibility index (Phi) is 5.50. The molecule has 0 saturated carbocycles. The lowest BCUT2D eigenvalue weighted by Crippen LogP contribution is -2.19. The van der Waals surface area contributed by atoms with E-state index in [1.54, 1.807) is 0 Å². The van der Waals surface area contributed by atoms with Gasteiger partial charge >= 0.3 is 0 Å². The first kappa shape index (κ1) is 10.5. The zero-order valence-electron chi connectivity index (χ0n) is 8.15. The van der Waals surface area contributed by atoms with E-state index in [1.807, 2.05) is 0 Å². The lowest BCUT2D eigenvalue weighted by Gasteiger charge is -2.17. The van der Waals surface area contributed by atoms with Gasteiger partial charge < -0.3 is 0 Å². The molecule has 0 heterocycles. The van der Waals surface area contributed by atoms with Crippen molar-refractivity contribution in [2.75, 3.05) is 0 Å². The van der Waals surface area contributed by atoms with Gasteiger partial charge in [0.2, 0.25) is 0 Å². The van der Waals surface area contributed by atoms with E-state index in [1.165, 1.54) is 11.7 Å². The fraction of sp³-hybridized carbons (Fsp3) is 1.00. The number of hydrogen-bond donors (Lipinski definition) is 0. The molecule has 0 fully saturated rings. The fourth-order valence-corrected chi connectivity index (χ4v) is 5.31. The highest BCUT2D eigenvalue weighted by Crippen LogP contribution is 2.24. The third-order valence-corrected chi connectivity index (χ3v) is 7.00. The molecule has 0 unspecified atom stereocenters. The average Bonchev–Trinajstić information content (AvgIpc) is 1.81. The van der Waals surface area contributed by atoms with Crippen molar-refractivity contribution in [1.29, 1.82) is 0 Å². The maximum absolute atomic E-state index is 2.40. The standard InChI is InChI=1S/3C3H7.Al/c3*1-3-2;/h2*3H,1-2H3;1,3H2,2H3;. The SMILES string of the molecule is CC[CH2][Al]([CH](C)C)[CH](C)C. The minimum absolute atomic E-state index is 0.380. The first-order valence-electron chi connectivity index (χ1n) is 4.59. The van der Waals surface area contributed by atoms with E-state index in [2.05, 4.69) is 34.6 Å². The maximum Gasteiger partial charge on any atom is 0.267 e. The summed E-state index contributed by atoms with van der Waals surface area (Å²) in [5, 5.41) is 1.54. The molecule has 0 rings (SSSR count). The molecule has 60 valence electrons. The van der Waals surface area contributed by atoms with Crippen molar-refractivity contribution in [2.45, 2.75) is 55.9 Å². The van der Waals surface area contributed by atoms with E-state index in [4.69, 9.17) is 0 Å². The van der Waals surface area contributed by atoms with Crippen molar-refractivity contribution >= 4 is 14.1 Å². The monoisotopic (exact) mass is 156 g/mol. The van der Waals surface area contributed by atoms with Gasteiger partial charge in [-0.2, -0.15) is 0 Å². The van der Waals surface area contributed by atoms with Crippen LogP contribution in [0.5, 0.6) is 0 Å². The van der Waals surface area contributed by atoms with Crippen LogP contribution in [-0.2, 0) is 0 Å². The van der Waals surface area contributed by atoms with Gasteiger partial charge in [0.1, 0.15) is 0 Å². The Labute approximate surface area is 70.4 Å². The molecule has 0 radical (unpaired) electrons. The summed E-state index contributed by atoms with van der Waals surface area (Å²) in [6.45, 7) is 11.9. The third kappa shape index (κ3) is 3.64. The molecule has 0 aliphatic heterocycles. The van der Waals surface area contributed by atoms with Crippen molar-refractivity contribution in [3.8, 4) is 0 Å². The Morgan fingerprint density at radius 2 is 1.40 bits per heavy atom. The summed E-state index contributed by atoms with van der Waals surface area (Å²) in [7, 11) is 0. The van der Waals surface area contributed by atoms with Gasteiger partial charge in [-0.1, -0.05) is 55.9 Å². The lowest BCUT2D eigenvalue weighted by atomic mass is 10.5. The molecule has 0 aromatic heterocycles. The molecule has 0 spiro atoms. The molecular formula is C9H21Al. The lowest BCUT2D eigenvalue weighted by molar-refractivity contribution is 0.894. The quantitative estimate of drug-likeness (QED) is 0.544. The zero-order chi connectivity index (χ0) is 8.15. The van der Waals surface area contributed by atoms with Crippen LogP contribution in [-0.4, -0.2) is 14.1 Å². The minimum Gasteiger partial charge on any atom is -0.0938 e. The van der Waals surface area contributed by atoms with Gasteiger partial charge in [-0.25, -0.2) is 0 Å². The topological polar surface area (TPSA) is 0 Å². The Balaban J connectivity index is 3.73. The van der Waals surface area contributed by atoms with Crippen LogP contribution < -0.4 is 0 Å². The summed E-state index contributed by atoms with van der Waals surface area (Å²) < 4.78 is 2.00. The van der Waals surface area contributed by atoms with E-state index in [9.17, 15) is 0 Å². The van der Waals surface area contributed by atoms with Gasteiger partial charge in [0.05, 0.1) is 0 Å². The molecule has 0 atom stereocenters. The van der Waals surface area contributed by atoms with Crippen LogP contribution in [0.15, 0.2) is 0 Å². The smallest absolute Gasteiger partial charge is 0.0938 e. The highest BCUT2D eigenvalue weighted by atomic mass is 27.2. The molecule has 0 aromatic rings. The molecule has 0 bridgehead atoms. The van der Waals surface area contributed by atoms with Gasteiger partial charge in [0, 0.05) is 0 Å². The molecule has 0 N–H and O–H groups in total. The summed E-state index contributed by atoms with van der Waals surface area (Å²) in [4.78, 5) is 0. The fourth-order valence-electron chi connectivity index (χ4n) is 1.77. The molecule has 0 nitrogen and oxygen atoms in total. The average molecular weight is 156 g/mol. The van der Waals surface area contributed by atoms with Gasteiger partial charge in [-0.3, -0.25) is 0 Å². The van der Waals surface area contributed by atoms with Crippen LogP contribution in [0.4, 0.5) is 0 Å². The van der Waals surface area contributed by atoms with E-state index >= 15 is 0 Å². The van der Waals surface area contributed by atoms with Crippen LogP contribution in [0.2, 0.25) is 14.8 Å². The first-order valence-corrected chi connectivity index (χ1v) is 6.74. The van der Waals surface area contributed by atoms with Crippen LogP contribution in [0.1, 0.15) is 41.0 Å². The van der Waals surface area contributed by atoms with Crippen LogP contribution in [0.25, 0.3) is 0 Å². The summed E-state index contributed by atoms with van der Waals surface area (Å²) in [5.41, 5.74) is 0. The Bertz CT molecular complexity index is 68.8. The Hall–Kier alpha value is 0.532. The van der Waals surface area contributed by atoms with E-state index in [0.717, 1.165) is 9.56 Å². The third-order valence-electron chi connectivity index (χ3n) is 2.33. The molecule has 0 saturated heterocycles. The molecule has 0 aliphatic rings. The Morgan fingerprint density at radius 1 is 1.00 bits per heavy atom. The second-order valence-corrected chi connectivity index (χ2v) is 8.51. The van der Waals surface area contributed by atoms with Crippen molar-refractivity contribution in [2.24, 2.45) is 0 Å². The van der Waals surface area contributed by atoms with Crippen molar-refractivity contribution in [3.05, 3.63) is 0 Å². The second kappa shape index (κ2) is 5.22. The minimum atomic E-state index is -0.380. The van der Waals surface area contributed by atoms with Crippen LogP contribution >= 0.6 is 0 Å². The normalized spacial score (nSPS) is 11.1. The second-order valence-electron chi connectivity index (χ2n) is 3.94. The molecule has 0 aromatic carbocycles. The van der Waals surface area contributed by atoms with E-state index < -0.39 is 0 Å². The van der Waals surface area contributed by atoms with Crippen LogP contribution in [0, 0.1) is 0 Å². The number of rotatable bonds is 4. The molecule has 0 aliphatic carbocycles.